The second-order valence-electron chi connectivity index (χ2n) is 3.70. The van der Waals surface area contributed by atoms with Crippen LogP contribution < -0.4 is 0 Å². The molecule has 0 radical (unpaired) electrons. The number of nitrogens with zero attached hydrogens (tertiary/aromatic N) is 4. The first-order valence-electron chi connectivity index (χ1n) is 4.99. The Morgan fingerprint density at radius 3 is 2.87 bits per heavy atom. The molecule has 0 N–H and O–H groups in total. The maximum Gasteiger partial charge on any atom is 0.234 e. The summed E-state index contributed by atoms with van der Waals surface area (Å²) in [5, 5.41) is 13.8. The number of hydrogen-bond donors (Lipinski definition) is 0. The van der Waals surface area contributed by atoms with Crippen molar-refractivity contribution in [3.8, 4) is 0 Å². The third kappa shape index (κ3) is 2.13. The van der Waals surface area contributed by atoms with E-state index < -0.39 is 0 Å². The molecule has 0 fully saturated rings. The Balaban J connectivity index is 2.30. The van der Waals surface area contributed by atoms with E-state index in [1.54, 1.807) is 11.3 Å². The maximum atomic E-state index is 5.65. The third-order valence-electron chi connectivity index (χ3n) is 2.10. The monoisotopic (exact) mass is 244 g/mol. The van der Waals surface area contributed by atoms with Crippen LogP contribution in [0.2, 0.25) is 0 Å². The number of aryl methyl sites for hydroxylation is 1. The van der Waals surface area contributed by atoms with Gasteiger partial charge in [0.25, 0.3) is 0 Å². The smallest absolute Gasteiger partial charge is 0.187 e. The molecule has 0 aliphatic heterocycles. The normalized spacial score (nSPS) is 11.7. The molecular weight excluding hydrogens is 232 g/mol. The highest BCUT2D eigenvalue weighted by Gasteiger charge is 2.13. The van der Waals surface area contributed by atoms with Crippen molar-refractivity contribution in [3.05, 3.63) is 10.8 Å². The van der Waals surface area contributed by atoms with E-state index in [1.807, 2.05) is 4.52 Å². The Kier molecular flexibility index (Phi) is 3.21. The highest BCUT2D eigenvalue weighted by Crippen LogP contribution is 2.19. The summed E-state index contributed by atoms with van der Waals surface area (Å²) < 4.78 is 1.85. The van der Waals surface area contributed by atoms with Gasteiger partial charge in [0.1, 0.15) is 5.01 Å². The van der Waals surface area contributed by atoms with Gasteiger partial charge in [-0.05, 0) is 6.42 Å². The topological polar surface area (TPSA) is 43.1 Å². The first-order chi connectivity index (χ1) is 7.22. The Morgan fingerprint density at radius 1 is 1.40 bits per heavy atom. The molecule has 2 heterocycles. The van der Waals surface area contributed by atoms with E-state index >= 15 is 0 Å². The number of alkyl halides is 1. The van der Waals surface area contributed by atoms with Gasteiger partial charge in [0.2, 0.25) is 4.96 Å². The van der Waals surface area contributed by atoms with E-state index in [2.05, 4.69) is 29.1 Å². The summed E-state index contributed by atoms with van der Waals surface area (Å²) in [4.78, 5) is 0.878. The molecule has 0 amide bonds. The molecule has 2 aromatic rings. The molecule has 0 aliphatic carbocycles. The molecule has 0 saturated carbocycles. The summed E-state index contributed by atoms with van der Waals surface area (Å²) in [5.74, 6) is 1.96. The average Bonchev–Trinajstić information content (AvgIpc) is 2.72. The minimum Gasteiger partial charge on any atom is -0.187 e. The van der Waals surface area contributed by atoms with E-state index in [0.717, 1.165) is 28.6 Å². The minimum atomic E-state index is 0.350. The Hall–Kier alpha value is -0.680. The molecule has 0 spiro atoms. The summed E-state index contributed by atoms with van der Waals surface area (Å²) in [6.07, 6.45) is 1.89. The Morgan fingerprint density at radius 2 is 2.20 bits per heavy atom. The van der Waals surface area contributed by atoms with E-state index in [-0.39, 0.29) is 0 Å². The SMILES string of the molecule is CC(C)c1nnc2sc(CCCCl)nn12. The largest absolute Gasteiger partial charge is 0.234 e. The van der Waals surface area contributed by atoms with Crippen LogP contribution in [0.1, 0.15) is 37.0 Å². The van der Waals surface area contributed by atoms with Crippen LogP contribution in [0, 0.1) is 0 Å². The lowest BCUT2D eigenvalue weighted by Crippen LogP contribution is -1.98. The van der Waals surface area contributed by atoms with Crippen molar-refractivity contribution in [1.29, 1.82) is 0 Å². The van der Waals surface area contributed by atoms with Crippen LogP contribution in [0.3, 0.4) is 0 Å². The standard InChI is InChI=1S/C9H13ClN4S/c1-6(2)8-11-12-9-14(8)13-7(15-9)4-3-5-10/h6H,3-5H2,1-2H3. The maximum absolute atomic E-state index is 5.65. The average molecular weight is 245 g/mol. The number of rotatable bonds is 4. The first kappa shape index (κ1) is 10.8. The summed E-state index contributed by atoms with van der Waals surface area (Å²) >= 11 is 7.24. The van der Waals surface area contributed by atoms with Crippen molar-refractivity contribution in [2.75, 3.05) is 5.88 Å². The van der Waals surface area contributed by atoms with Gasteiger partial charge in [-0.3, -0.25) is 0 Å². The molecule has 15 heavy (non-hydrogen) atoms. The highest BCUT2D eigenvalue weighted by atomic mass is 35.5. The van der Waals surface area contributed by atoms with Gasteiger partial charge in [-0.25, -0.2) is 0 Å². The van der Waals surface area contributed by atoms with E-state index in [9.17, 15) is 0 Å². The Bertz CT molecular complexity index is 448. The van der Waals surface area contributed by atoms with Crippen LogP contribution in [-0.4, -0.2) is 25.7 Å². The molecule has 0 bridgehead atoms. The molecule has 0 unspecified atom stereocenters. The molecule has 0 saturated heterocycles. The lowest BCUT2D eigenvalue weighted by molar-refractivity contribution is 0.714. The molecule has 82 valence electrons. The molecule has 0 aromatic carbocycles. The van der Waals surface area contributed by atoms with Crippen molar-refractivity contribution in [3.63, 3.8) is 0 Å². The van der Waals surface area contributed by atoms with Gasteiger partial charge in [-0.1, -0.05) is 25.2 Å². The van der Waals surface area contributed by atoms with Crippen LogP contribution in [0.15, 0.2) is 0 Å². The fourth-order valence-electron chi connectivity index (χ4n) is 1.35. The minimum absolute atomic E-state index is 0.350. The van der Waals surface area contributed by atoms with Crippen molar-refractivity contribution < 1.29 is 0 Å². The lowest BCUT2D eigenvalue weighted by atomic mass is 10.2. The van der Waals surface area contributed by atoms with Crippen molar-refractivity contribution in [1.82, 2.24) is 19.8 Å². The summed E-state index contributed by atoms with van der Waals surface area (Å²) in [7, 11) is 0. The molecule has 2 aromatic heterocycles. The first-order valence-corrected chi connectivity index (χ1v) is 6.34. The van der Waals surface area contributed by atoms with Crippen molar-refractivity contribution >= 4 is 27.9 Å². The molecular formula is C9H13ClN4S. The fourth-order valence-corrected chi connectivity index (χ4v) is 2.37. The molecule has 0 atom stereocenters. The van der Waals surface area contributed by atoms with Crippen LogP contribution in [-0.2, 0) is 6.42 Å². The fraction of sp³-hybridized carbons (Fsp3) is 0.667. The molecule has 0 aliphatic rings. The second-order valence-corrected chi connectivity index (χ2v) is 5.11. The van der Waals surface area contributed by atoms with Crippen LogP contribution in [0.5, 0.6) is 0 Å². The van der Waals surface area contributed by atoms with Crippen LogP contribution in [0.4, 0.5) is 0 Å². The second kappa shape index (κ2) is 4.45. The number of halogens is 1. The van der Waals surface area contributed by atoms with E-state index in [1.165, 1.54) is 0 Å². The van der Waals surface area contributed by atoms with E-state index in [4.69, 9.17) is 11.6 Å². The third-order valence-corrected chi connectivity index (χ3v) is 3.32. The van der Waals surface area contributed by atoms with Gasteiger partial charge in [-0.15, -0.1) is 21.8 Å². The number of aromatic nitrogens is 4. The number of fused-ring (bicyclic) bond motifs is 1. The van der Waals surface area contributed by atoms with Gasteiger partial charge in [0, 0.05) is 18.2 Å². The summed E-state index contributed by atoms with van der Waals surface area (Å²) in [6, 6.07) is 0. The van der Waals surface area contributed by atoms with Gasteiger partial charge < -0.3 is 0 Å². The molecule has 2 rings (SSSR count). The number of hydrogen-bond acceptors (Lipinski definition) is 4. The van der Waals surface area contributed by atoms with Gasteiger partial charge in [0.05, 0.1) is 0 Å². The predicted molar refractivity (Wildman–Crippen MR) is 61.8 cm³/mol. The van der Waals surface area contributed by atoms with E-state index in [0.29, 0.717) is 11.8 Å². The van der Waals surface area contributed by atoms with Crippen molar-refractivity contribution in [2.45, 2.75) is 32.6 Å². The van der Waals surface area contributed by atoms with Gasteiger partial charge >= 0.3 is 0 Å². The zero-order valence-electron chi connectivity index (χ0n) is 8.77. The summed E-state index contributed by atoms with van der Waals surface area (Å²) in [5.41, 5.74) is 0. The van der Waals surface area contributed by atoms with Crippen LogP contribution in [0.25, 0.3) is 4.96 Å². The van der Waals surface area contributed by atoms with Gasteiger partial charge in [0.15, 0.2) is 5.82 Å². The van der Waals surface area contributed by atoms with Gasteiger partial charge in [-0.2, -0.15) is 9.61 Å². The summed E-state index contributed by atoms with van der Waals surface area (Å²) in [6.45, 7) is 4.18. The quantitative estimate of drug-likeness (QED) is 0.776. The van der Waals surface area contributed by atoms with Crippen molar-refractivity contribution in [2.24, 2.45) is 0 Å². The van der Waals surface area contributed by atoms with Crippen LogP contribution >= 0.6 is 22.9 Å². The zero-order chi connectivity index (χ0) is 10.8. The Labute approximate surface area is 97.3 Å². The molecule has 6 heteroatoms. The highest BCUT2D eigenvalue weighted by molar-refractivity contribution is 7.16. The predicted octanol–water partition coefficient (Wildman–Crippen LogP) is 2.48. The molecule has 4 nitrogen and oxygen atoms in total. The zero-order valence-corrected chi connectivity index (χ0v) is 10.3. The lowest BCUT2D eigenvalue weighted by Gasteiger charge is -1.97.